The molecule has 3 rings (SSSR count). The second-order valence-corrected chi connectivity index (χ2v) is 8.35. The number of rotatable bonds is 5. The number of hydrogen-bond donors (Lipinski definition) is 1. The van der Waals surface area contributed by atoms with Gasteiger partial charge in [0.15, 0.2) is 5.60 Å². The quantitative estimate of drug-likeness (QED) is 0.769. The lowest BCUT2D eigenvalue weighted by Crippen LogP contribution is -2.45. The van der Waals surface area contributed by atoms with Crippen molar-refractivity contribution in [3.8, 4) is 5.75 Å². The van der Waals surface area contributed by atoms with Crippen LogP contribution in [0, 0.1) is 0 Å². The highest BCUT2D eigenvalue weighted by Gasteiger charge is 2.31. The van der Waals surface area contributed by atoms with Gasteiger partial charge in [-0.2, -0.15) is 0 Å². The highest BCUT2D eigenvalue weighted by Crippen LogP contribution is 2.31. The zero-order chi connectivity index (χ0) is 20.3. The largest absolute Gasteiger partial charge is 0.478 e. The lowest BCUT2D eigenvalue weighted by molar-refractivity contribution is -0.128. The van der Waals surface area contributed by atoms with Crippen molar-refractivity contribution in [2.24, 2.45) is 0 Å². The van der Waals surface area contributed by atoms with Crippen LogP contribution in [0.4, 0.5) is 11.4 Å². The first-order valence-electron chi connectivity index (χ1n) is 9.24. The first kappa shape index (κ1) is 20.8. The smallest absolute Gasteiger partial charge is 0.268 e. The van der Waals surface area contributed by atoms with Crippen molar-refractivity contribution in [2.45, 2.75) is 19.4 Å². The zero-order valence-corrected chi connectivity index (χ0v) is 17.8. The maximum atomic E-state index is 13.0. The first-order valence-corrected chi connectivity index (χ1v) is 9.99. The van der Waals surface area contributed by atoms with Gasteiger partial charge >= 0.3 is 0 Å². The molecule has 1 aliphatic heterocycles. The summed E-state index contributed by atoms with van der Waals surface area (Å²) in [4.78, 5) is 17.5. The lowest BCUT2D eigenvalue weighted by Gasteiger charge is -2.35. The lowest BCUT2D eigenvalue weighted by atomic mass is 10.1. The summed E-state index contributed by atoms with van der Waals surface area (Å²) < 4.78 is 5.90. The van der Waals surface area contributed by atoms with E-state index in [1.807, 2.05) is 12.1 Å². The molecule has 1 heterocycles. The van der Waals surface area contributed by atoms with Crippen molar-refractivity contribution < 1.29 is 9.53 Å². The van der Waals surface area contributed by atoms with Crippen LogP contribution in [-0.4, -0.2) is 49.6 Å². The molecular weight excluding hydrogens is 397 g/mol. The van der Waals surface area contributed by atoms with Crippen molar-refractivity contribution in [1.82, 2.24) is 4.90 Å². The highest BCUT2D eigenvalue weighted by molar-refractivity contribution is 6.31. The Morgan fingerprint density at radius 3 is 2.25 bits per heavy atom. The van der Waals surface area contributed by atoms with Gasteiger partial charge in [0.05, 0.1) is 11.4 Å². The van der Waals surface area contributed by atoms with E-state index in [4.69, 9.17) is 27.9 Å². The Bertz CT molecular complexity index is 832. The number of halogens is 2. The molecule has 1 aliphatic rings. The van der Waals surface area contributed by atoms with Crippen LogP contribution in [0.5, 0.6) is 5.75 Å². The standard InChI is InChI=1S/C21H25Cl2N3O2/c1-21(2,28-17-7-4-15(22)5-8-17)20(27)24-18-14-16(23)6-9-19(18)26-12-10-25(3)11-13-26/h4-9,14H,10-13H2,1-3H3,(H,24,27). The van der Waals surface area contributed by atoms with Gasteiger partial charge in [0.2, 0.25) is 0 Å². The van der Waals surface area contributed by atoms with E-state index < -0.39 is 5.60 Å². The molecule has 1 fully saturated rings. The molecule has 1 saturated heterocycles. The predicted molar refractivity (Wildman–Crippen MR) is 116 cm³/mol. The number of carbonyl (C=O) groups excluding carboxylic acids is 1. The van der Waals surface area contributed by atoms with Crippen LogP contribution < -0.4 is 15.0 Å². The van der Waals surface area contributed by atoms with Crippen LogP contribution in [0.2, 0.25) is 10.0 Å². The Morgan fingerprint density at radius 2 is 1.61 bits per heavy atom. The summed E-state index contributed by atoms with van der Waals surface area (Å²) in [6.45, 7) is 7.20. The van der Waals surface area contributed by atoms with E-state index >= 15 is 0 Å². The molecule has 1 N–H and O–H groups in total. The van der Waals surface area contributed by atoms with Crippen LogP contribution in [0.15, 0.2) is 42.5 Å². The van der Waals surface area contributed by atoms with Crippen LogP contribution in [0.25, 0.3) is 0 Å². The van der Waals surface area contributed by atoms with Crippen LogP contribution in [0.1, 0.15) is 13.8 Å². The van der Waals surface area contributed by atoms with Gasteiger partial charge in [-0.1, -0.05) is 23.2 Å². The van der Waals surface area contributed by atoms with Gasteiger partial charge in [0.1, 0.15) is 5.75 Å². The van der Waals surface area contributed by atoms with Crippen LogP contribution in [-0.2, 0) is 4.79 Å². The molecule has 5 nitrogen and oxygen atoms in total. The van der Waals surface area contributed by atoms with Crippen molar-refractivity contribution in [3.05, 3.63) is 52.5 Å². The Morgan fingerprint density at radius 1 is 1.00 bits per heavy atom. The molecule has 150 valence electrons. The summed E-state index contributed by atoms with van der Waals surface area (Å²) >= 11 is 12.1. The molecule has 0 unspecified atom stereocenters. The Balaban J connectivity index is 1.77. The summed E-state index contributed by atoms with van der Waals surface area (Å²) in [7, 11) is 2.11. The average molecular weight is 422 g/mol. The predicted octanol–water partition coefficient (Wildman–Crippen LogP) is 4.54. The van der Waals surface area contributed by atoms with Gasteiger partial charge < -0.3 is 19.9 Å². The SMILES string of the molecule is CN1CCN(c2ccc(Cl)cc2NC(=O)C(C)(C)Oc2ccc(Cl)cc2)CC1. The maximum absolute atomic E-state index is 13.0. The van der Waals surface area contributed by atoms with Gasteiger partial charge in [0.25, 0.3) is 5.91 Å². The van der Waals surface area contributed by atoms with Gasteiger partial charge in [-0.15, -0.1) is 0 Å². The molecule has 0 aromatic heterocycles. The number of nitrogens with one attached hydrogen (secondary N) is 1. The van der Waals surface area contributed by atoms with E-state index in [1.165, 1.54) is 0 Å². The van der Waals surface area contributed by atoms with E-state index in [0.717, 1.165) is 31.9 Å². The monoisotopic (exact) mass is 421 g/mol. The zero-order valence-electron chi connectivity index (χ0n) is 16.3. The third-order valence-corrected chi connectivity index (χ3v) is 5.27. The Kier molecular flexibility index (Phi) is 6.38. The molecule has 0 radical (unpaired) electrons. The van der Waals surface area contributed by atoms with Gasteiger partial charge in [-0.3, -0.25) is 4.79 Å². The fourth-order valence-electron chi connectivity index (χ4n) is 3.05. The number of carbonyl (C=O) groups is 1. The fraction of sp³-hybridized carbons (Fsp3) is 0.381. The minimum Gasteiger partial charge on any atom is -0.478 e. The normalized spacial score (nSPS) is 15.4. The van der Waals surface area contributed by atoms with E-state index in [0.29, 0.717) is 21.5 Å². The second-order valence-electron chi connectivity index (χ2n) is 7.47. The minimum atomic E-state index is -1.07. The van der Waals surface area contributed by atoms with Gasteiger partial charge in [-0.05, 0) is 63.4 Å². The van der Waals surface area contributed by atoms with Gasteiger partial charge in [0, 0.05) is 36.2 Å². The van der Waals surface area contributed by atoms with Crippen molar-refractivity contribution in [3.63, 3.8) is 0 Å². The average Bonchev–Trinajstić information content (AvgIpc) is 2.64. The molecule has 0 aliphatic carbocycles. The van der Waals surface area contributed by atoms with Gasteiger partial charge in [-0.25, -0.2) is 0 Å². The molecule has 2 aromatic rings. The molecule has 7 heteroatoms. The molecule has 0 atom stereocenters. The third kappa shape index (κ3) is 5.10. The number of amides is 1. The summed E-state index contributed by atoms with van der Waals surface area (Å²) in [5, 5.41) is 4.19. The third-order valence-electron chi connectivity index (χ3n) is 4.78. The first-order chi connectivity index (χ1) is 13.2. The molecule has 2 aromatic carbocycles. The molecule has 0 spiro atoms. The van der Waals surface area contributed by atoms with E-state index in [9.17, 15) is 4.79 Å². The Labute approximate surface area is 176 Å². The summed E-state index contributed by atoms with van der Waals surface area (Å²) in [5.41, 5.74) is 0.582. The number of ether oxygens (including phenoxy) is 1. The molecule has 0 bridgehead atoms. The van der Waals surface area contributed by atoms with Crippen molar-refractivity contribution >= 4 is 40.5 Å². The molecule has 0 saturated carbocycles. The summed E-state index contributed by atoms with van der Waals surface area (Å²) in [6.07, 6.45) is 0. The topological polar surface area (TPSA) is 44.8 Å². The molecular formula is C21H25Cl2N3O2. The number of hydrogen-bond acceptors (Lipinski definition) is 4. The number of anilines is 2. The number of likely N-dealkylation sites (N-methyl/N-ethyl adjacent to an activating group) is 1. The number of piperazine rings is 1. The maximum Gasteiger partial charge on any atom is 0.268 e. The molecule has 1 amide bonds. The van der Waals surface area contributed by atoms with E-state index in [2.05, 4.69) is 22.2 Å². The minimum absolute atomic E-state index is 0.250. The number of nitrogens with zero attached hydrogens (tertiary/aromatic N) is 2. The van der Waals surface area contributed by atoms with Crippen LogP contribution >= 0.6 is 23.2 Å². The van der Waals surface area contributed by atoms with Crippen LogP contribution in [0.3, 0.4) is 0 Å². The molecule has 28 heavy (non-hydrogen) atoms. The number of benzene rings is 2. The summed E-state index contributed by atoms with van der Waals surface area (Å²) in [6, 6.07) is 12.5. The second kappa shape index (κ2) is 8.60. The fourth-order valence-corrected chi connectivity index (χ4v) is 3.35. The summed E-state index contributed by atoms with van der Waals surface area (Å²) in [5.74, 6) is 0.329. The van der Waals surface area contributed by atoms with E-state index in [1.54, 1.807) is 44.2 Å². The van der Waals surface area contributed by atoms with E-state index in [-0.39, 0.29) is 5.91 Å². The Hall–Kier alpha value is -1.95. The van der Waals surface area contributed by atoms with Crippen molar-refractivity contribution in [2.75, 3.05) is 43.4 Å². The van der Waals surface area contributed by atoms with Crippen molar-refractivity contribution in [1.29, 1.82) is 0 Å². The highest BCUT2D eigenvalue weighted by atomic mass is 35.5.